The summed E-state index contributed by atoms with van der Waals surface area (Å²) >= 11 is 0. The van der Waals surface area contributed by atoms with Gasteiger partial charge in [0, 0.05) is 17.6 Å². The van der Waals surface area contributed by atoms with Crippen LogP contribution in [-0.2, 0) is 0 Å². The Balaban J connectivity index is 2.31. The summed E-state index contributed by atoms with van der Waals surface area (Å²) in [6.07, 6.45) is 0.531. The van der Waals surface area contributed by atoms with Gasteiger partial charge < -0.3 is 5.32 Å². The maximum Gasteiger partial charge on any atom is 0.0640 e. The van der Waals surface area contributed by atoms with E-state index in [0.717, 1.165) is 5.69 Å². The molecule has 0 aliphatic heterocycles. The minimum absolute atomic E-state index is 0.531. The fourth-order valence-electron chi connectivity index (χ4n) is 1.63. The SMILES string of the molecule is N#CCCNc1cccc2ccccc12. The Morgan fingerprint density at radius 1 is 1.07 bits per heavy atom. The lowest BCUT2D eigenvalue weighted by molar-refractivity contribution is 1.08. The van der Waals surface area contributed by atoms with E-state index in [0.29, 0.717) is 13.0 Å². The van der Waals surface area contributed by atoms with Gasteiger partial charge in [-0.15, -0.1) is 0 Å². The highest BCUT2D eigenvalue weighted by Crippen LogP contribution is 2.22. The van der Waals surface area contributed by atoms with E-state index in [9.17, 15) is 0 Å². The fraction of sp³-hybridized carbons (Fsp3) is 0.154. The molecule has 2 aromatic carbocycles. The van der Waals surface area contributed by atoms with Crippen LogP contribution in [0.3, 0.4) is 0 Å². The molecule has 15 heavy (non-hydrogen) atoms. The van der Waals surface area contributed by atoms with Gasteiger partial charge in [0.15, 0.2) is 0 Å². The molecule has 2 heteroatoms. The zero-order valence-corrected chi connectivity index (χ0v) is 8.40. The lowest BCUT2D eigenvalue weighted by Crippen LogP contribution is -2.00. The molecule has 0 spiro atoms. The second kappa shape index (κ2) is 4.47. The number of fused-ring (bicyclic) bond motifs is 1. The van der Waals surface area contributed by atoms with Crippen molar-refractivity contribution < 1.29 is 0 Å². The van der Waals surface area contributed by atoms with Crippen LogP contribution >= 0.6 is 0 Å². The van der Waals surface area contributed by atoms with Crippen molar-refractivity contribution in [3.05, 3.63) is 42.5 Å². The van der Waals surface area contributed by atoms with Gasteiger partial charge in [-0.2, -0.15) is 5.26 Å². The van der Waals surface area contributed by atoms with Crippen molar-refractivity contribution in [1.29, 1.82) is 5.26 Å². The second-order valence-electron chi connectivity index (χ2n) is 3.36. The highest BCUT2D eigenvalue weighted by molar-refractivity contribution is 5.93. The van der Waals surface area contributed by atoms with Crippen LogP contribution in [0, 0.1) is 11.3 Å². The van der Waals surface area contributed by atoms with E-state index in [4.69, 9.17) is 5.26 Å². The second-order valence-corrected chi connectivity index (χ2v) is 3.36. The molecule has 0 fully saturated rings. The maximum absolute atomic E-state index is 8.47. The number of nitrogens with zero attached hydrogens (tertiary/aromatic N) is 1. The Labute approximate surface area is 89.2 Å². The number of benzene rings is 2. The molecule has 0 saturated heterocycles. The van der Waals surface area contributed by atoms with Crippen LogP contribution in [0.4, 0.5) is 5.69 Å². The van der Waals surface area contributed by atoms with Gasteiger partial charge in [0.25, 0.3) is 0 Å². The standard InChI is InChI=1S/C13H12N2/c14-9-4-10-15-13-8-3-6-11-5-1-2-7-12(11)13/h1-3,5-8,15H,4,10H2. The summed E-state index contributed by atoms with van der Waals surface area (Å²) < 4.78 is 0. The predicted molar refractivity (Wildman–Crippen MR) is 62.7 cm³/mol. The third kappa shape index (κ3) is 2.08. The number of rotatable bonds is 3. The molecule has 0 bridgehead atoms. The summed E-state index contributed by atoms with van der Waals surface area (Å²) in [6.45, 7) is 0.699. The molecular weight excluding hydrogens is 184 g/mol. The summed E-state index contributed by atoms with van der Waals surface area (Å²) in [4.78, 5) is 0. The summed E-state index contributed by atoms with van der Waals surface area (Å²) in [5.74, 6) is 0. The minimum atomic E-state index is 0.531. The molecule has 0 aliphatic carbocycles. The summed E-state index contributed by atoms with van der Waals surface area (Å²) in [7, 11) is 0. The maximum atomic E-state index is 8.47. The summed E-state index contributed by atoms with van der Waals surface area (Å²) in [6, 6.07) is 16.5. The van der Waals surface area contributed by atoms with Crippen LogP contribution in [0.15, 0.2) is 42.5 Å². The summed E-state index contributed by atoms with van der Waals surface area (Å²) in [5, 5.41) is 14.2. The van der Waals surface area contributed by atoms with Gasteiger partial charge in [0.05, 0.1) is 12.5 Å². The zero-order valence-electron chi connectivity index (χ0n) is 8.40. The van der Waals surface area contributed by atoms with Gasteiger partial charge in [-0.05, 0) is 11.5 Å². The van der Waals surface area contributed by atoms with Crippen LogP contribution in [-0.4, -0.2) is 6.54 Å². The van der Waals surface area contributed by atoms with Crippen molar-refractivity contribution in [2.24, 2.45) is 0 Å². The minimum Gasteiger partial charge on any atom is -0.384 e. The van der Waals surface area contributed by atoms with E-state index in [-0.39, 0.29) is 0 Å². The van der Waals surface area contributed by atoms with E-state index in [1.807, 2.05) is 24.3 Å². The Hall–Kier alpha value is -2.01. The fourth-order valence-corrected chi connectivity index (χ4v) is 1.63. The van der Waals surface area contributed by atoms with Crippen molar-refractivity contribution in [2.45, 2.75) is 6.42 Å². The number of nitriles is 1. The van der Waals surface area contributed by atoms with E-state index in [2.05, 4.69) is 29.6 Å². The molecule has 0 radical (unpaired) electrons. The molecular formula is C13H12N2. The van der Waals surface area contributed by atoms with Gasteiger partial charge >= 0.3 is 0 Å². The Bertz CT molecular complexity index is 492. The average molecular weight is 196 g/mol. The third-order valence-electron chi connectivity index (χ3n) is 2.34. The van der Waals surface area contributed by atoms with E-state index < -0.39 is 0 Å². The molecule has 2 aromatic rings. The first kappa shape index (κ1) is 9.54. The molecule has 0 saturated carbocycles. The first-order valence-corrected chi connectivity index (χ1v) is 5.00. The number of hydrogen-bond acceptors (Lipinski definition) is 2. The lowest BCUT2D eigenvalue weighted by atomic mass is 10.1. The summed E-state index contributed by atoms with van der Waals surface area (Å²) in [5.41, 5.74) is 1.10. The number of hydrogen-bond donors (Lipinski definition) is 1. The van der Waals surface area contributed by atoms with E-state index >= 15 is 0 Å². The predicted octanol–water partition coefficient (Wildman–Crippen LogP) is 3.17. The molecule has 2 nitrogen and oxygen atoms in total. The molecule has 0 unspecified atom stereocenters. The molecule has 0 amide bonds. The van der Waals surface area contributed by atoms with Crippen molar-refractivity contribution in [2.75, 3.05) is 11.9 Å². The van der Waals surface area contributed by atoms with Crippen LogP contribution in [0.2, 0.25) is 0 Å². The van der Waals surface area contributed by atoms with Gasteiger partial charge in [0.2, 0.25) is 0 Å². The first-order chi connectivity index (χ1) is 7.42. The monoisotopic (exact) mass is 196 g/mol. The van der Waals surface area contributed by atoms with Crippen LogP contribution < -0.4 is 5.32 Å². The van der Waals surface area contributed by atoms with Crippen molar-refractivity contribution in [3.8, 4) is 6.07 Å². The quantitative estimate of drug-likeness (QED) is 0.765. The van der Waals surface area contributed by atoms with Crippen molar-refractivity contribution in [3.63, 3.8) is 0 Å². The zero-order chi connectivity index (χ0) is 10.5. The van der Waals surface area contributed by atoms with E-state index in [1.165, 1.54) is 10.8 Å². The largest absolute Gasteiger partial charge is 0.384 e. The molecule has 0 aliphatic rings. The molecule has 0 heterocycles. The Morgan fingerprint density at radius 3 is 2.73 bits per heavy atom. The molecule has 0 atom stereocenters. The molecule has 74 valence electrons. The number of nitrogens with one attached hydrogen (secondary N) is 1. The van der Waals surface area contributed by atoms with Crippen LogP contribution in [0.1, 0.15) is 6.42 Å². The van der Waals surface area contributed by atoms with Gasteiger partial charge in [-0.1, -0.05) is 36.4 Å². The van der Waals surface area contributed by atoms with Crippen LogP contribution in [0.25, 0.3) is 10.8 Å². The van der Waals surface area contributed by atoms with Crippen molar-refractivity contribution in [1.82, 2.24) is 0 Å². The highest BCUT2D eigenvalue weighted by atomic mass is 14.9. The first-order valence-electron chi connectivity index (χ1n) is 5.00. The average Bonchev–Trinajstić information content (AvgIpc) is 2.30. The van der Waals surface area contributed by atoms with Crippen LogP contribution in [0.5, 0.6) is 0 Å². The van der Waals surface area contributed by atoms with Gasteiger partial charge in [0.1, 0.15) is 0 Å². The lowest BCUT2D eigenvalue weighted by Gasteiger charge is -2.07. The Kier molecular flexibility index (Phi) is 2.85. The van der Waals surface area contributed by atoms with Gasteiger partial charge in [-0.25, -0.2) is 0 Å². The normalized spacial score (nSPS) is 9.80. The van der Waals surface area contributed by atoms with Gasteiger partial charge in [-0.3, -0.25) is 0 Å². The van der Waals surface area contributed by atoms with Crippen molar-refractivity contribution >= 4 is 16.5 Å². The smallest absolute Gasteiger partial charge is 0.0640 e. The highest BCUT2D eigenvalue weighted by Gasteiger charge is 1.97. The van der Waals surface area contributed by atoms with E-state index in [1.54, 1.807) is 0 Å². The number of anilines is 1. The Morgan fingerprint density at radius 2 is 1.87 bits per heavy atom. The molecule has 2 rings (SSSR count). The molecule has 1 N–H and O–H groups in total. The topological polar surface area (TPSA) is 35.8 Å². The third-order valence-corrected chi connectivity index (χ3v) is 2.34. The molecule has 0 aromatic heterocycles.